The second-order valence-electron chi connectivity index (χ2n) is 4.99. The van der Waals surface area contributed by atoms with Gasteiger partial charge in [-0.1, -0.05) is 0 Å². The lowest BCUT2D eigenvalue weighted by Crippen LogP contribution is -2.09. The van der Waals surface area contributed by atoms with Gasteiger partial charge in [-0.2, -0.15) is 11.8 Å². The fourth-order valence-corrected chi connectivity index (χ4v) is 4.44. The fourth-order valence-electron chi connectivity index (χ4n) is 2.99. The monoisotopic (exact) mass is 406 g/mol. The molecule has 0 radical (unpaired) electrons. The summed E-state index contributed by atoms with van der Waals surface area (Å²) in [6, 6.07) is 7.05. The van der Waals surface area contributed by atoms with Gasteiger partial charge in [-0.15, -0.1) is 11.6 Å². The van der Waals surface area contributed by atoms with E-state index >= 15 is 0 Å². The maximum Gasteiger partial charge on any atom is 0.125 e. The van der Waals surface area contributed by atoms with Crippen LogP contribution < -0.4 is 0 Å². The lowest BCUT2D eigenvalue weighted by Gasteiger charge is -2.16. The van der Waals surface area contributed by atoms with Crippen LogP contribution >= 0.6 is 46.0 Å². The molecule has 1 heterocycles. The number of halogens is 2. The number of aromatic nitrogens is 2. The first-order valence-corrected chi connectivity index (χ1v) is 9.38. The van der Waals surface area contributed by atoms with E-state index in [4.69, 9.17) is 16.6 Å². The minimum absolute atomic E-state index is 0.492. The third-order valence-corrected chi connectivity index (χ3v) is 5.90. The molecule has 5 heteroatoms. The Bertz CT molecular complexity index is 598. The maximum atomic E-state index is 6.10. The van der Waals surface area contributed by atoms with E-state index < -0.39 is 0 Å². The molecule has 0 N–H and O–H groups in total. The van der Waals surface area contributed by atoms with Crippen LogP contribution in [0.2, 0.25) is 0 Å². The number of thioether (sulfide) groups is 1. The number of alkyl halides is 1. The van der Waals surface area contributed by atoms with Gasteiger partial charge in [-0.05, 0) is 66.3 Å². The first-order chi connectivity index (χ1) is 9.22. The second-order valence-corrected chi connectivity index (χ2v) is 7.64. The SMILES string of the molecule is CSC1CCC(n2c(CCl)nc3cc(I)ccc32)C1. The predicted molar refractivity (Wildman–Crippen MR) is 92.2 cm³/mol. The third kappa shape index (κ3) is 2.63. The number of fused-ring (bicyclic) bond motifs is 1. The summed E-state index contributed by atoms with van der Waals surface area (Å²) in [4.78, 5) is 4.71. The Morgan fingerprint density at radius 1 is 1.47 bits per heavy atom. The molecule has 1 saturated carbocycles. The molecule has 1 fully saturated rings. The fraction of sp³-hybridized carbons (Fsp3) is 0.500. The van der Waals surface area contributed by atoms with Gasteiger partial charge in [0.15, 0.2) is 0 Å². The molecule has 1 aliphatic carbocycles. The molecule has 102 valence electrons. The molecule has 2 atom stereocenters. The molecule has 1 aromatic carbocycles. The van der Waals surface area contributed by atoms with E-state index in [-0.39, 0.29) is 0 Å². The second kappa shape index (κ2) is 5.82. The van der Waals surface area contributed by atoms with E-state index in [9.17, 15) is 0 Å². The van der Waals surface area contributed by atoms with Crippen molar-refractivity contribution in [1.29, 1.82) is 0 Å². The number of hydrogen-bond donors (Lipinski definition) is 0. The largest absolute Gasteiger partial charge is 0.324 e. The number of nitrogens with zero attached hydrogens (tertiary/aromatic N) is 2. The average molecular weight is 407 g/mol. The molecule has 0 amide bonds. The first kappa shape index (κ1) is 14.0. The summed E-state index contributed by atoms with van der Waals surface area (Å²) >= 11 is 10.4. The van der Waals surface area contributed by atoms with Gasteiger partial charge in [-0.25, -0.2) is 4.98 Å². The Morgan fingerprint density at radius 3 is 3.00 bits per heavy atom. The summed E-state index contributed by atoms with van der Waals surface area (Å²) < 4.78 is 3.61. The van der Waals surface area contributed by atoms with E-state index in [2.05, 4.69) is 51.6 Å². The van der Waals surface area contributed by atoms with Gasteiger partial charge in [-0.3, -0.25) is 0 Å². The summed E-state index contributed by atoms with van der Waals surface area (Å²) in [7, 11) is 0. The van der Waals surface area contributed by atoms with Gasteiger partial charge in [0.1, 0.15) is 5.82 Å². The average Bonchev–Trinajstić information content (AvgIpc) is 3.00. The Balaban J connectivity index is 2.06. The van der Waals surface area contributed by atoms with Crippen molar-refractivity contribution in [2.24, 2.45) is 0 Å². The molecule has 0 saturated heterocycles. The van der Waals surface area contributed by atoms with Crippen LogP contribution in [0.25, 0.3) is 11.0 Å². The zero-order valence-corrected chi connectivity index (χ0v) is 14.5. The van der Waals surface area contributed by atoms with Crippen LogP contribution in [0.4, 0.5) is 0 Å². The molecular weight excluding hydrogens is 391 g/mol. The molecule has 2 unspecified atom stereocenters. The molecule has 0 bridgehead atoms. The summed E-state index contributed by atoms with van der Waals surface area (Å²) in [5, 5.41) is 0.787. The Kier molecular flexibility index (Phi) is 4.29. The zero-order chi connectivity index (χ0) is 13.4. The number of imidazole rings is 1. The van der Waals surface area contributed by atoms with E-state index in [1.165, 1.54) is 28.3 Å². The Hall–Kier alpha value is 0.0600. The highest BCUT2D eigenvalue weighted by molar-refractivity contribution is 14.1. The standard InChI is InChI=1S/C14H16ClIN2S/c1-19-11-4-3-10(7-11)18-13-5-2-9(16)6-12(13)17-14(18)8-15/h2,5-6,10-11H,3-4,7-8H2,1H3. The highest BCUT2D eigenvalue weighted by Gasteiger charge is 2.28. The van der Waals surface area contributed by atoms with Crippen molar-refractivity contribution in [2.45, 2.75) is 36.4 Å². The van der Waals surface area contributed by atoms with Crippen molar-refractivity contribution in [1.82, 2.24) is 9.55 Å². The van der Waals surface area contributed by atoms with Gasteiger partial charge >= 0.3 is 0 Å². The Morgan fingerprint density at radius 2 is 2.32 bits per heavy atom. The first-order valence-electron chi connectivity index (χ1n) is 6.48. The highest BCUT2D eigenvalue weighted by Crippen LogP contribution is 2.38. The summed E-state index contributed by atoms with van der Waals surface area (Å²) in [6.07, 6.45) is 6.00. The molecular formula is C14H16ClIN2S. The smallest absolute Gasteiger partial charge is 0.125 e. The third-order valence-electron chi connectivity index (χ3n) is 3.90. The summed E-state index contributed by atoms with van der Waals surface area (Å²) in [5.41, 5.74) is 2.32. The molecule has 3 rings (SSSR count). The van der Waals surface area contributed by atoms with Crippen LogP contribution in [0.1, 0.15) is 31.1 Å². The molecule has 0 spiro atoms. The number of hydrogen-bond acceptors (Lipinski definition) is 2. The van der Waals surface area contributed by atoms with Crippen LogP contribution in [0, 0.1) is 3.57 Å². The van der Waals surface area contributed by atoms with Crippen LogP contribution in [-0.2, 0) is 5.88 Å². The maximum absolute atomic E-state index is 6.10. The minimum atomic E-state index is 0.492. The Labute approximate surface area is 136 Å². The molecule has 2 aromatic rings. The molecule has 1 aromatic heterocycles. The lowest BCUT2D eigenvalue weighted by molar-refractivity contribution is 0.519. The lowest BCUT2D eigenvalue weighted by atomic mass is 10.2. The van der Waals surface area contributed by atoms with E-state index in [0.29, 0.717) is 11.9 Å². The normalized spacial score (nSPS) is 23.3. The topological polar surface area (TPSA) is 17.8 Å². The molecule has 19 heavy (non-hydrogen) atoms. The van der Waals surface area contributed by atoms with Gasteiger partial charge in [0, 0.05) is 14.9 Å². The van der Waals surface area contributed by atoms with Crippen molar-refractivity contribution in [3.05, 3.63) is 27.6 Å². The van der Waals surface area contributed by atoms with Crippen molar-refractivity contribution < 1.29 is 0 Å². The van der Waals surface area contributed by atoms with Crippen LogP contribution in [0.15, 0.2) is 18.2 Å². The molecule has 2 nitrogen and oxygen atoms in total. The number of rotatable bonds is 3. The van der Waals surface area contributed by atoms with Gasteiger partial charge in [0.25, 0.3) is 0 Å². The van der Waals surface area contributed by atoms with Crippen molar-refractivity contribution >= 4 is 57.0 Å². The molecule has 0 aliphatic heterocycles. The predicted octanol–water partition coefficient (Wildman–Crippen LogP) is 4.84. The van der Waals surface area contributed by atoms with Crippen molar-refractivity contribution in [3.63, 3.8) is 0 Å². The van der Waals surface area contributed by atoms with Crippen molar-refractivity contribution in [2.75, 3.05) is 6.26 Å². The summed E-state index contributed by atoms with van der Waals surface area (Å²) in [6.45, 7) is 0. The van der Waals surface area contributed by atoms with Crippen molar-refractivity contribution in [3.8, 4) is 0 Å². The van der Waals surface area contributed by atoms with Gasteiger partial charge in [0.05, 0.1) is 16.9 Å². The van der Waals surface area contributed by atoms with Gasteiger partial charge < -0.3 is 4.57 Å². The van der Waals surface area contributed by atoms with Crippen LogP contribution in [0.5, 0.6) is 0 Å². The number of benzene rings is 1. The van der Waals surface area contributed by atoms with Gasteiger partial charge in [0.2, 0.25) is 0 Å². The van der Waals surface area contributed by atoms with Crippen LogP contribution in [-0.4, -0.2) is 21.1 Å². The van der Waals surface area contributed by atoms with E-state index in [1.54, 1.807) is 0 Å². The quantitative estimate of drug-likeness (QED) is 0.536. The minimum Gasteiger partial charge on any atom is -0.324 e. The van der Waals surface area contributed by atoms with Crippen LogP contribution in [0.3, 0.4) is 0 Å². The zero-order valence-electron chi connectivity index (χ0n) is 10.8. The molecule has 1 aliphatic rings. The van der Waals surface area contributed by atoms with E-state index in [1.807, 2.05) is 11.8 Å². The van der Waals surface area contributed by atoms with E-state index in [0.717, 1.165) is 16.6 Å². The summed E-state index contributed by atoms with van der Waals surface area (Å²) in [5.74, 6) is 1.51. The highest BCUT2D eigenvalue weighted by atomic mass is 127.